The zero-order chi connectivity index (χ0) is 9.03. The van der Waals surface area contributed by atoms with E-state index in [-0.39, 0.29) is 0 Å². The number of carbonyl (C=O) groups is 1. The van der Waals surface area contributed by atoms with Crippen LogP contribution in [0.4, 0.5) is 4.79 Å². The minimum absolute atomic E-state index is 0.293. The summed E-state index contributed by atoms with van der Waals surface area (Å²) < 4.78 is 3.94. The maximum atomic E-state index is 11.7. The normalized spacial score (nSPS) is 21.8. The number of carbonyl (C=O) groups excluding carboxylic acids is 1. The molecular weight excluding hydrogens is 158 g/mol. The van der Waals surface area contributed by atoms with E-state index in [1.165, 1.54) is 0 Å². The van der Waals surface area contributed by atoms with Gasteiger partial charge < -0.3 is 9.94 Å². The fourth-order valence-electron chi connectivity index (χ4n) is 1.45. The Hall–Kier alpha value is -0.610. The highest BCUT2D eigenvalue weighted by molar-refractivity contribution is 5.59. The average molecular weight is 173 g/mol. The Morgan fingerprint density at radius 2 is 2.00 bits per heavy atom. The van der Waals surface area contributed by atoms with Crippen LogP contribution in [0.25, 0.3) is 0 Å². The molecule has 1 aliphatic rings. The zero-order valence-corrected chi connectivity index (χ0v) is 7.41. The first kappa shape index (κ1) is 9.48. The van der Waals surface area contributed by atoms with Gasteiger partial charge in [0.2, 0.25) is 0 Å². The smallest absolute Gasteiger partial charge is 0.516 e. The van der Waals surface area contributed by atoms with E-state index in [9.17, 15) is 10.0 Å². The molecule has 4 nitrogen and oxygen atoms in total. The molecular formula is C8H15NO3. The summed E-state index contributed by atoms with van der Waals surface area (Å²) in [5, 5.41) is 11.7. The molecule has 0 aliphatic carbocycles. The number of hydrogen-bond acceptors (Lipinski definition) is 3. The molecule has 0 spiro atoms. The minimum Gasteiger partial charge on any atom is -0.622 e. The van der Waals surface area contributed by atoms with Crippen molar-refractivity contribution >= 4 is 6.09 Å². The molecule has 0 aromatic rings. The molecule has 1 rings (SSSR count). The molecule has 0 N–H and O–H groups in total. The van der Waals surface area contributed by atoms with E-state index in [0.717, 1.165) is 19.3 Å². The summed E-state index contributed by atoms with van der Waals surface area (Å²) in [6.07, 6.45) is 2.11. The van der Waals surface area contributed by atoms with Crippen molar-refractivity contribution in [2.24, 2.45) is 0 Å². The maximum absolute atomic E-state index is 11.7. The molecule has 0 unspecified atom stereocenters. The number of piperidine rings is 1. The lowest BCUT2D eigenvalue weighted by molar-refractivity contribution is -0.813. The molecule has 12 heavy (non-hydrogen) atoms. The summed E-state index contributed by atoms with van der Waals surface area (Å²) in [5.41, 5.74) is 0. The molecule has 0 saturated carbocycles. The molecule has 0 bridgehead atoms. The van der Waals surface area contributed by atoms with Crippen LogP contribution in [-0.4, -0.2) is 30.4 Å². The second-order valence-corrected chi connectivity index (χ2v) is 3.10. The van der Waals surface area contributed by atoms with Crippen molar-refractivity contribution in [2.45, 2.75) is 26.2 Å². The number of rotatable bonds is 1. The summed E-state index contributed by atoms with van der Waals surface area (Å²) in [5.74, 6) is 0. The van der Waals surface area contributed by atoms with Crippen LogP contribution >= 0.6 is 0 Å². The average Bonchev–Trinajstić information content (AvgIpc) is 2.06. The largest absolute Gasteiger partial charge is 0.622 e. The van der Waals surface area contributed by atoms with Crippen LogP contribution in [0.2, 0.25) is 0 Å². The summed E-state index contributed by atoms with van der Waals surface area (Å²) in [6.45, 7) is 2.78. The van der Waals surface area contributed by atoms with Crippen molar-refractivity contribution in [3.05, 3.63) is 5.21 Å². The fourth-order valence-corrected chi connectivity index (χ4v) is 1.45. The van der Waals surface area contributed by atoms with Crippen molar-refractivity contribution in [1.82, 2.24) is 0 Å². The summed E-state index contributed by atoms with van der Waals surface area (Å²) >= 11 is 0. The van der Waals surface area contributed by atoms with E-state index in [2.05, 4.69) is 0 Å². The Bertz CT molecular complexity index is 164. The summed E-state index contributed by atoms with van der Waals surface area (Å²) in [4.78, 5) is 11.2. The predicted molar refractivity (Wildman–Crippen MR) is 44.2 cm³/mol. The van der Waals surface area contributed by atoms with E-state index in [0.29, 0.717) is 19.7 Å². The number of likely N-dealkylation sites (tertiary alicyclic amines) is 1. The Labute approximate surface area is 72.3 Å². The summed E-state index contributed by atoms with van der Waals surface area (Å²) in [6, 6.07) is 0. The molecule has 0 radical (unpaired) electrons. The van der Waals surface area contributed by atoms with Crippen LogP contribution in [-0.2, 0) is 4.74 Å². The van der Waals surface area contributed by atoms with E-state index in [4.69, 9.17) is 4.74 Å². The Balaban J connectivity index is 2.50. The van der Waals surface area contributed by atoms with Crippen LogP contribution in [0.15, 0.2) is 0 Å². The lowest BCUT2D eigenvalue weighted by Gasteiger charge is -2.40. The second kappa shape index (κ2) is 3.87. The number of nitrogens with zero attached hydrogens (tertiary/aromatic N) is 1. The van der Waals surface area contributed by atoms with Crippen LogP contribution < -0.4 is 0 Å². The van der Waals surface area contributed by atoms with Crippen molar-refractivity contribution in [2.75, 3.05) is 19.7 Å². The quantitative estimate of drug-likeness (QED) is 0.447. The summed E-state index contributed by atoms with van der Waals surface area (Å²) in [7, 11) is 0. The van der Waals surface area contributed by atoms with Gasteiger partial charge in [-0.25, -0.2) is 0 Å². The third-order valence-corrected chi connectivity index (χ3v) is 2.14. The number of hydrogen-bond donors (Lipinski definition) is 0. The van der Waals surface area contributed by atoms with Gasteiger partial charge in [0.25, 0.3) is 0 Å². The minimum atomic E-state index is -0.770. The van der Waals surface area contributed by atoms with Gasteiger partial charge in [-0.1, -0.05) is 0 Å². The van der Waals surface area contributed by atoms with Crippen LogP contribution in [0.5, 0.6) is 0 Å². The molecule has 0 atom stereocenters. The molecule has 0 aromatic heterocycles. The van der Waals surface area contributed by atoms with Gasteiger partial charge in [-0.15, -0.1) is 0 Å². The Morgan fingerprint density at radius 3 is 2.50 bits per heavy atom. The zero-order valence-electron chi connectivity index (χ0n) is 7.41. The van der Waals surface area contributed by atoms with Gasteiger partial charge in [-0.3, -0.25) is 4.65 Å². The van der Waals surface area contributed by atoms with E-state index in [1.807, 2.05) is 0 Å². The SMILES string of the molecule is CCOC(=O)[N+]1([O-])CCCCC1. The predicted octanol–water partition coefficient (Wildman–Crippen LogP) is 1.64. The first-order chi connectivity index (χ1) is 5.69. The van der Waals surface area contributed by atoms with Gasteiger partial charge in [0.05, 0.1) is 19.7 Å². The van der Waals surface area contributed by atoms with Crippen molar-refractivity contribution in [1.29, 1.82) is 0 Å². The molecule has 0 aromatic carbocycles. The highest BCUT2D eigenvalue weighted by Crippen LogP contribution is 2.18. The maximum Gasteiger partial charge on any atom is 0.516 e. The number of quaternary nitrogens is 1. The lowest BCUT2D eigenvalue weighted by Crippen LogP contribution is -2.51. The van der Waals surface area contributed by atoms with Gasteiger partial charge in [0.1, 0.15) is 0 Å². The van der Waals surface area contributed by atoms with E-state index < -0.39 is 10.7 Å². The first-order valence-electron chi connectivity index (χ1n) is 4.44. The third kappa shape index (κ3) is 1.95. The van der Waals surface area contributed by atoms with Crippen molar-refractivity contribution in [3.8, 4) is 0 Å². The molecule has 4 heteroatoms. The third-order valence-electron chi connectivity index (χ3n) is 2.14. The van der Waals surface area contributed by atoms with Gasteiger partial charge in [-0.05, 0) is 26.2 Å². The van der Waals surface area contributed by atoms with E-state index >= 15 is 0 Å². The van der Waals surface area contributed by atoms with Gasteiger partial charge in [-0.2, -0.15) is 4.79 Å². The van der Waals surface area contributed by atoms with Gasteiger partial charge in [0, 0.05) is 0 Å². The highest BCUT2D eigenvalue weighted by Gasteiger charge is 2.30. The van der Waals surface area contributed by atoms with Crippen LogP contribution in [0.3, 0.4) is 0 Å². The van der Waals surface area contributed by atoms with Crippen LogP contribution in [0.1, 0.15) is 26.2 Å². The lowest BCUT2D eigenvalue weighted by atomic mass is 10.1. The van der Waals surface area contributed by atoms with Gasteiger partial charge in [0.15, 0.2) is 0 Å². The van der Waals surface area contributed by atoms with Crippen molar-refractivity contribution < 1.29 is 14.2 Å². The molecule has 1 saturated heterocycles. The topological polar surface area (TPSA) is 49.4 Å². The van der Waals surface area contributed by atoms with Crippen molar-refractivity contribution in [3.63, 3.8) is 0 Å². The number of amides is 1. The Kier molecular flexibility index (Phi) is 3.05. The number of hydroxylamine groups is 3. The highest BCUT2D eigenvalue weighted by atomic mass is 16.7. The van der Waals surface area contributed by atoms with Crippen LogP contribution in [0, 0.1) is 5.21 Å². The molecule has 70 valence electrons. The molecule has 1 aliphatic heterocycles. The van der Waals surface area contributed by atoms with Gasteiger partial charge >= 0.3 is 6.09 Å². The first-order valence-corrected chi connectivity index (χ1v) is 4.44. The molecule has 1 amide bonds. The molecule has 1 fully saturated rings. The fraction of sp³-hybridized carbons (Fsp3) is 0.875. The second-order valence-electron chi connectivity index (χ2n) is 3.10. The standard InChI is InChI=1S/C8H15NO3/c1-2-12-8(10)9(11)6-4-3-5-7-9/h2-7H2,1H3. The number of ether oxygens (including phenoxy) is 1. The molecule has 1 heterocycles. The monoisotopic (exact) mass is 173 g/mol. The Morgan fingerprint density at radius 1 is 1.42 bits per heavy atom. The van der Waals surface area contributed by atoms with E-state index in [1.54, 1.807) is 6.92 Å².